The molecule has 0 unspecified atom stereocenters. The van der Waals surface area contributed by atoms with Gasteiger partial charge >= 0.3 is 0 Å². The highest BCUT2D eigenvalue weighted by molar-refractivity contribution is 5.96. The van der Waals surface area contributed by atoms with E-state index in [9.17, 15) is 14.4 Å². The van der Waals surface area contributed by atoms with Crippen molar-refractivity contribution in [3.8, 4) is 0 Å². The molecule has 1 aromatic carbocycles. The van der Waals surface area contributed by atoms with E-state index in [1.165, 1.54) is 19.3 Å². The molecular formula is C22H31N3O3. The summed E-state index contributed by atoms with van der Waals surface area (Å²) in [6, 6.07) is 7.34. The Morgan fingerprint density at radius 3 is 2.21 bits per heavy atom. The minimum absolute atomic E-state index is 0.0117. The Balaban J connectivity index is 1.48. The van der Waals surface area contributed by atoms with E-state index in [0.29, 0.717) is 36.8 Å². The third-order valence-corrected chi connectivity index (χ3v) is 5.84. The van der Waals surface area contributed by atoms with Crippen LogP contribution in [0.25, 0.3) is 0 Å². The van der Waals surface area contributed by atoms with Crippen LogP contribution >= 0.6 is 0 Å². The van der Waals surface area contributed by atoms with Crippen molar-refractivity contribution < 1.29 is 14.4 Å². The van der Waals surface area contributed by atoms with E-state index in [1.54, 1.807) is 31.2 Å². The Morgan fingerprint density at radius 2 is 1.61 bits per heavy atom. The number of carbonyl (C=O) groups is 3. The molecule has 6 heteroatoms. The molecule has 1 aliphatic heterocycles. The van der Waals surface area contributed by atoms with Gasteiger partial charge in [-0.25, -0.2) is 0 Å². The molecule has 3 rings (SSSR count). The summed E-state index contributed by atoms with van der Waals surface area (Å²) in [4.78, 5) is 38.5. The quantitative estimate of drug-likeness (QED) is 0.816. The van der Waals surface area contributed by atoms with Gasteiger partial charge in [0.25, 0.3) is 5.91 Å². The minimum Gasteiger partial charge on any atom is -0.353 e. The van der Waals surface area contributed by atoms with Gasteiger partial charge in [-0.1, -0.05) is 26.2 Å². The van der Waals surface area contributed by atoms with Crippen LogP contribution in [-0.2, 0) is 9.59 Å². The standard InChI is InChI=1S/C22H31N3O3/c1-2-20(26)23-19-10-8-17(9-11-19)22(28)25-14-12-16(13-15-25)21(27)24-18-6-4-3-5-7-18/h8-11,16,18H,2-7,12-15H2,1H3,(H,23,26)(H,24,27). The van der Waals surface area contributed by atoms with Crippen LogP contribution in [0.1, 0.15) is 68.6 Å². The van der Waals surface area contributed by atoms with E-state index < -0.39 is 0 Å². The highest BCUT2D eigenvalue weighted by Crippen LogP contribution is 2.22. The Morgan fingerprint density at radius 1 is 0.964 bits per heavy atom. The number of anilines is 1. The summed E-state index contributed by atoms with van der Waals surface area (Å²) in [5.41, 5.74) is 1.31. The maximum Gasteiger partial charge on any atom is 0.253 e. The number of piperidine rings is 1. The first kappa shape index (κ1) is 20.4. The predicted octanol–water partition coefficient (Wildman–Crippen LogP) is 3.34. The van der Waals surface area contributed by atoms with Gasteiger partial charge in [-0.05, 0) is 49.9 Å². The Bertz CT molecular complexity index is 687. The van der Waals surface area contributed by atoms with Crippen molar-refractivity contribution in [2.75, 3.05) is 18.4 Å². The molecule has 0 atom stereocenters. The summed E-state index contributed by atoms with van der Waals surface area (Å²) in [5.74, 6) is 0.111. The highest BCUT2D eigenvalue weighted by atomic mass is 16.2. The predicted molar refractivity (Wildman–Crippen MR) is 109 cm³/mol. The van der Waals surface area contributed by atoms with Gasteiger partial charge in [-0.2, -0.15) is 0 Å². The fourth-order valence-corrected chi connectivity index (χ4v) is 4.04. The molecule has 1 heterocycles. The van der Waals surface area contributed by atoms with Gasteiger partial charge in [0.1, 0.15) is 0 Å². The first-order valence-electron chi connectivity index (χ1n) is 10.6. The van der Waals surface area contributed by atoms with Crippen molar-refractivity contribution in [3.05, 3.63) is 29.8 Å². The van der Waals surface area contributed by atoms with Crippen molar-refractivity contribution >= 4 is 23.4 Å². The summed E-state index contributed by atoms with van der Waals surface area (Å²) in [7, 11) is 0. The Labute approximate surface area is 167 Å². The van der Waals surface area contributed by atoms with Gasteiger partial charge in [0.15, 0.2) is 0 Å². The first-order valence-corrected chi connectivity index (χ1v) is 10.6. The molecule has 2 fully saturated rings. The lowest BCUT2D eigenvalue weighted by Gasteiger charge is -2.33. The number of carbonyl (C=O) groups excluding carboxylic acids is 3. The number of likely N-dealkylation sites (tertiary alicyclic amines) is 1. The van der Waals surface area contributed by atoms with Crippen LogP contribution in [0.15, 0.2) is 24.3 Å². The van der Waals surface area contributed by atoms with Gasteiger partial charge in [0.2, 0.25) is 11.8 Å². The zero-order chi connectivity index (χ0) is 19.9. The third kappa shape index (κ3) is 5.33. The average molecular weight is 386 g/mol. The fraction of sp³-hybridized carbons (Fsp3) is 0.591. The zero-order valence-corrected chi connectivity index (χ0v) is 16.7. The number of rotatable bonds is 5. The number of hydrogen-bond donors (Lipinski definition) is 2. The summed E-state index contributed by atoms with van der Waals surface area (Å²) >= 11 is 0. The molecule has 1 aromatic rings. The molecule has 152 valence electrons. The average Bonchev–Trinajstić information content (AvgIpc) is 2.74. The molecule has 0 aromatic heterocycles. The van der Waals surface area contributed by atoms with Crippen molar-refractivity contribution in [2.24, 2.45) is 5.92 Å². The Hall–Kier alpha value is -2.37. The topological polar surface area (TPSA) is 78.5 Å². The molecule has 28 heavy (non-hydrogen) atoms. The van der Waals surface area contributed by atoms with Crippen LogP contribution in [-0.4, -0.2) is 41.8 Å². The van der Waals surface area contributed by atoms with E-state index in [0.717, 1.165) is 25.7 Å². The van der Waals surface area contributed by atoms with Gasteiger partial charge < -0.3 is 15.5 Å². The molecule has 1 saturated carbocycles. The maximum atomic E-state index is 12.7. The molecular weight excluding hydrogens is 354 g/mol. The number of hydrogen-bond acceptors (Lipinski definition) is 3. The molecule has 0 spiro atoms. The van der Waals surface area contributed by atoms with Crippen molar-refractivity contribution in [3.63, 3.8) is 0 Å². The lowest BCUT2D eigenvalue weighted by Crippen LogP contribution is -2.45. The summed E-state index contributed by atoms with van der Waals surface area (Å²) in [6.45, 7) is 3.01. The largest absolute Gasteiger partial charge is 0.353 e. The second-order valence-electron chi connectivity index (χ2n) is 7.89. The number of amides is 3. The molecule has 6 nitrogen and oxygen atoms in total. The molecule has 3 amide bonds. The second kappa shape index (κ2) is 9.71. The zero-order valence-electron chi connectivity index (χ0n) is 16.7. The van der Waals surface area contributed by atoms with Gasteiger partial charge in [0.05, 0.1) is 0 Å². The summed E-state index contributed by atoms with van der Waals surface area (Å²) in [6.07, 6.45) is 7.74. The smallest absolute Gasteiger partial charge is 0.253 e. The SMILES string of the molecule is CCC(=O)Nc1ccc(C(=O)N2CCC(C(=O)NC3CCCCC3)CC2)cc1. The highest BCUT2D eigenvalue weighted by Gasteiger charge is 2.29. The molecule has 2 aliphatic rings. The van der Waals surface area contributed by atoms with Crippen molar-refractivity contribution in [1.82, 2.24) is 10.2 Å². The van der Waals surface area contributed by atoms with E-state index >= 15 is 0 Å². The van der Waals surface area contributed by atoms with E-state index in [4.69, 9.17) is 0 Å². The van der Waals surface area contributed by atoms with Crippen LogP contribution in [0.4, 0.5) is 5.69 Å². The van der Waals surface area contributed by atoms with Crippen LogP contribution in [0.2, 0.25) is 0 Å². The third-order valence-electron chi connectivity index (χ3n) is 5.84. The normalized spacial score (nSPS) is 18.5. The number of nitrogens with one attached hydrogen (secondary N) is 2. The lowest BCUT2D eigenvalue weighted by molar-refractivity contribution is -0.127. The van der Waals surface area contributed by atoms with Crippen molar-refractivity contribution in [2.45, 2.75) is 64.3 Å². The Kier molecular flexibility index (Phi) is 7.06. The first-order chi connectivity index (χ1) is 13.6. The minimum atomic E-state index is -0.0485. The van der Waals surface area contributed by atoms with E-state index in [2.05, 4.69) is 10.6 Å². The van der Waals surface area contributed by atoms with E-state index in [1.807, 2.05) is 4.90 Å². The van der Waals surface area contributed by atoms with Gasteiger partial charge in [0, 0.05) is 42.7 Å². The molecule has 0 bridgehead atoms. The number of nitrogens with zero attached hydrogens (tertiary/aromatic N) is 1. The maximum absolute atomic E-state index is 12.7. The second-order valence-corrected chi connectivity index (χ2v) is 7.89. The van der Waals surface area contributed by atoms with Crippen LogP contribution in [0, 0.1) is 5.92 Å². The summed E-state index contributed by atoms with van der Waals surface area (Å²) in [5, 5.41) is 5.99. The van der Waals surface area contributed by atoms with Crippen LogP contribution in [0.5, 0.6) is 0 Å². The lowest BCUT2D eigenvalue weighted by atomic mass is 9.92. The monoisotopic (exact) mass is 385 g/mol. The molecule has 1 aliphatic carbocycles. The molecule has 0 radical (unpaired) electrons. The fourth-order valence-electron chi connectivity index (χ4n) is 4.04. The van der Waals surface area contributed by atoms with Crippen LogP contribution in [0.3, 0.4) is 0 Å². The van der Waals surface area contributed by atoms with Gasteiger partial charge in [-0.15, -0.1) is 0 Å². The number of benzene rings is 1. The molecule has 2 N–H and O–H groups in total. The van der Waals surface area contributed by atoms with E-state index in [-0.39, 0.29) is 23.6 Å². The van der Waals surface area contributed by atoms with Crippen LogP contribution < -0.4 is 10.6 Å². The molecule has 1 saturated heterocycles. The summed E-state index contributed by atoms with van der Waals surface area (Å²) < 4.78 is 0. The van der Waals surface area contributed by atoms with Gasteiger partial charge in [-0.3, -0.25) is 14.4 Å². The van der Waals surface area contributed by atoms with Crippen molar-refractivity contribution in [1.29, 1.82) is 0 Å².